The zero-order valence-electron chi connectivity index (χ0n) is 38.6. The van der Waals surface area contributed by atoms with Gasteiger partial charge in [0.05, 0.1) is 25.2 Å². The van der Waals surface area contributed by atoms with E-state index in [1.165, 1.54) is 103 Å². The van der Waals surface area contributed by atoms with E-state index in [2.05, 4.69) is 86.8 Å². The van der Waals surface area contributed by atoms with Gasteiger partial charge in [-0.3, -0.25) is 9.59 Å². The number of aliphatic hydroxyl groups is 2. The van der Waals surface area contributed by atoms with Gasteiger partial charge in [-0.25, -0.2) is 0 Å². The van der Waals surface area contributed by atoms with Crippen molar-refractivity contribution < 1.29 is 24.5 Å². The summed E-state index contributed by atoms with van der Waals surface area (Å²) in [4.78, 5) is 26.0. The summed E-state index contributed by atoms with van der Waals surface area (Å²) in [6, 6.07) is -0.746. The van der Waals surface area contributed by atoms with Crippen molar-refractivity contribution in [3.05, 3.63) is 72.9 Å². The minimum Gasteiger partial charge on any atom is -0.458 e. The molecule has 0 bridgehead atoms. The molecule has 0 rings (SSSR count). The Bertz CT molecular complexity index is 1110. The van der Waals surface area contributed by atoms with Gasteiger partial charge in [0, 0.05) is 6.42 Å². The molecule has 0 aliphatic rings. The number of hydrogen-bond donors (Lipinski definition) is 3. The summed E-state index contributed by atoms with van der Waals surface area (Å²) in [7, 11) is 0. The number of rotatable bonds is 43. The predicted molar refractivity (Wildman–Crippen MR) is 255 cm³/mol. The summed E-state index contributed by atoms with van der Waals surface area (Å²) in [5.74, 6) is -0.650. The van der Waals surface area contributed by atoms with Crippen molar-refractivity contribution >= 4 is 11.9 Å². The highest BCUT2D eigenvalue weighted by Crippen LogP contribution is 2.15. The van der Waals surface area contributed by atoms with Gasteiger partial charge in [-0.05, 0) is 76.7 Å². The van der Waals surface area contributed by atoms with Gasteiger partial charge >= 0.3 is 5.97 Å². The summed E-state index contributed by atoms with van der Waals surface area (Å²) in [5, 5.41) is 23.7. The molecule has 0 aliphatic heterocycles. The van der Waals surface area contributed by atoms with Gasteiger partial charge in [0.25, 0.3) is 0 Å². The van der Waals surface area contributed by atoms with Crippen LogP contribution in [0.25, 0.3) is 0 Å². The molecule has 59 heavy (non-hydrogen) atoms. The first kappa shape index (κ1) is 56.3. The van der Waals surface area contributed by atoms with Gasteiger partial charge in [-0.15, -0.1) is 0 Å². The first-order valence-corrected chi connectivity index (χ1v) is 24.7. The Morgan fingerprint density at radius 2 is 0.949 bits per heavy atom. The maximum Gasteiger partial charge on any atom is 0.306 e. The molecule has 0 spiro atoms. The average Bonchev–Trinajstić information content (AvgIpc) is 3.23. The number of aliphatic hydroxyl groups excluding tert-OH is 2. The number of carbonyl (C=O) groups excluding carboxylic acids is 2. The molecule has 0 saturated carbocycles. The van der Waals surface area contributed by atoms with E-state index in [0.29, 0.717) is 19.3 Å². The monoisotopic (exact) mass is 824 g/mol. The van der Waals surface area contributed by atoms with E-state index in [1.54, 1.807) is 6.08 Å². The van der Waals surface area contributed by atoms with Gasteiger partial charge in [-0.1, -0.05) is 210 Å². The summed E-state index contributed by atoms with van der Waals surface area (Å²) in [6.07, 6.45) is 58.5. The highest BCUT2D eigenvalue weighted by molar-refractivity contribution is 5.78. The van der Waals surface area contributed by atoms with Crippen molar-refractivity contribution in [2.45, 2.75) is 244 Å². The average molecular weight is 824 g/mol. The van der Waals surface area contributed by atoms with Gasteiger partial charge in [0.15, 0.2) is 0 Å². The van der Waals surface area contributed by atoms with Gasteiger partial charge in [0.2, 0.25) is 5.91 Å². The fourth-order valence-electron chi connectivity index (χ4n) is 7.03. The second-order valence-electron chi connectivity index (χ2n) is 16.5. The maximum atomic E-state index is 13.1. The van der Waals surface area contributed by atoms with Crippen LogP contribution in [0.5, 0.6) is 0 Å². The lowest BCUT2D eigenvalue weighted by atomic mass is 10.0. The minimum absolute atomic E-state index is 0.0538. The number of allylic oxidation sites excluding steroid dienone is 11. The molecule has 3 atom stereocenters. The first-order valence-electron chi connectivity index (χ1n) is 24.7. The van der Waals surface area contributed by atoms with Crippen molar-refractivity contribution in [2.75, 3.05) is 6.61 Å². The summed E-state index contributed by atoms with van der Waals surface area (Å²) in [5.41, 5.74) is 0. The first-order chi connectivity index (χ1) is 29.0. The van der Waals surface area contributed by atoms with Crippen LogP contribution in [0.4, 0.5) is 0 Å². The number of amides is 1. The van der Waals surface area contributed by atoms with Gasteiger partial charge in [-0.2, -0.15) is 0 Å². The molecule has 0 radical (unpaired) electrons. The van der Waals surface area contributed by atoms with Crippen LogP contribution in [-0.2, 0) is 14.3 Å². The molecule has 0 fully saturated rings. The fraction of sp³-hybridized carbons (Fsp3) is 0.736. The maximum absolute atomic E-state index is 13.1. The van der Waals surface area contributed by atoms with Gasteiger partial charge in [0.1, 0.15) is 6.10 Å². The minimum atomic E-state index is -0.822. The Kier molecular flexibility index (Phi) is 44.2. The van der Waals surface area contributed by atoms with E-state index in [-0.39, 0.29) is 24.9 Å². The summed E-state index contributed by atoms with van der Waals surface area (Å²) in [6.45, 7) is 6.31. The van der Waals surface area contributed by atoms with Crippen molar-refractivity contribution in [3.8, 4) is 0 Å². The zero-order chi connectivity index (χ0) is 43.1. The van der Waals surface area contributed by atoms with Crippen LogP contribution in [0.3, 0.4) is 0 Å². The van der Waals surface area contributed by atoms with Gasteiger partial charge < -0.3 is 20.3 Å². The van der Waals surface area contributed by atoms with E-state index in [4.69, 9.17) is 4.74 Å². The van der Waals surface area contributed by atoms with Crippen molar-refractivity contribution in [2.24, 2.45) is 0 Å². The predicted octanol–water partition coefficient (Wildman–Crippen LogP) is 14.6. The number of hydrogen-bond acceptors (Lipinski definition) is 5. The molecule has 0 aromatic heterocycles. The Hall–Kier alpha value is -2.70. The highest BCUT2D eigenvalue weighted by Gasteiger charge is 2.23. The van der Waals surface area contributed by atoms with E-state index in [0.717, 1.165) is 77.0 Å². The number of esters is 1. The Balaban J connectivity index is 4.77. The standard InChI is InChI=1S/C53H93NO5/c1-4-7-10-13-16-19-22-25-28-29-32-35-38-41-44-49(59-53(58)46-43-40-37-34-31-27-24-21-18-15-12-9-6-3)47-52(57)54-50(48-55)51(56)45-42-39-36-33-30-26-23-20-17-14-11-8-5-2/h7,10,16,19,25,27-28,31-32,35,41,44,49-51,55-56H,4-6,8-9,11-15,17-18,20-24,26,29-30,33-34,36-40,42-43,45-48H2,1-3H3,(H,54,57)/b10-7+,19-16+,28-25+,31-27-,35-32+,44-41+. The van der Waals surface area contributed by atoms with Crippen molar-refractivity contribution in [1.29, 1.82) is 0 Å². The zero-order valence-corrected chi connectivity index (χ0v) is 38.6. The van der Waals surface area contributed by atoms with Crippen LogP contribution < -0.4 is 5.32 Å². The van der Waals surface area contributed by atoms with Crippen LogP contribution in [0.2, 0.25) is 0 Å². The molecule has 0 aromatic rings. The van der Waals surface area contributed by atoms with Crippen molar-refractivity contribution in [3.63, 3.8) is 0 Å². The number of carbonyl (C=O) groups is 2. The number of ether oxygens (including phenoxy) is 1. The lowest BCUT2D eigenvalue weighted by Crippen LogP contribution is -2.46. The van der Waals surface area contributed by atoms with E-state index < -0.39 is 18.2 Å². The molecule has 6 heteroatoms. The molecule has 3 N–H and O–H groups in total. The van der Waals surface area contributed by atoms with Crippen LogP contribution in [0.1, 0.15) is 226 Å². The molecule has 0 heterocycles. The second-order valence-corrected chi connectivity index (χ2v) is 16.5. The summed E-state index contributed by atoms with van der Waals surface area (Å²) < 4.78 is 5.80. The van der Waals surface area contributed by atoms with Crippen LogP contribution >= 0.6 is 0 Å². The molecule has 0 aliphatic carbocycles. The number of nitrogens with one attached hydrogen (secondary N) is 1. The largest absolute Gasteiger partial charge is 0.458 e. The fourth-order valence-corrected chi connectivity index (χ4v) is 7.03. The van der Waals surface area contributed by atoms with E-state index >= 15 is 0 Å². The molecule has 1 amide bonds. The quantitative estimate of drug-likeness (QED) is 0.0323. The Labute approximate surface area is 364 Å². The summed E-state index contributed by atoms with van der Waals surface area (Å²) >= 11 is 0. The third-order valence-corrected chi connectivity index (χ3v) is 10.8. The third-order valence-electron chi connectivity index (χ3n) is 10.8. The molecular weight excluding hydrogens is 731 g/mol. The SMILES string of the molecule is CC/C=C/C/C=C/C/C=C/C/C=C/C/C=C/C(CC(=O)NC(CO)C(O)CCCCCCCCCCCCCCC)OC(=O)CCCCC/C=C\CCCCCCCC. The van der Waals surface area contributed by atoms with Crippen LogP contribution in [0, 0.1) is 0 Å². The molecule has 340 valence electrons. The number of unbranched alkanes of at least 4 members (excludes halogenated alkanes) is 21. The highest BCUT2D eigenvalue weighted by atomic mass is 16.5. The molecule has 3 unspecified atom stereocenters. The van der Waals surface area contributed by atoms with Crippen LogP contribution in [-0.4, -0.2) is 46.9 Å². The third kappa shape index (κ3) is 41.8. The Morgan fingerprint density at radius 3 is 1.42 bits per heavy atom. The normalized spacial score (nSPS) is 13.9. The van der Waals surface area contributed by atoms with Crippen molar-refractivity contribution in [1.82, 2.24) is 5.32 Å². The van der Waals surface area contributed by atoms with E-state index in [1.807, 2.05) is 6.08 Å². The topological polar surface area (TPSA) is 95.9 Å². The van der Waals surface area contributed by atoms with Crippen LogP contribution in [0.15, 0.2) is 72.9 Å². The lowest BCUT2D eigenvalue weighted by molar-refractivity contribution is -0.148. The second kappa shape index (κ2) is 46.4. The molecule has 0 aromatic carbocycles. The lowest BCUT2D eigenvalue weighted by Gasteiger charge is -2.23. The smallest absolute Gasteiger partial charge is 0.306 e. The van der Waals surface area contributed by atoms with E-state index in [9.17, 15) is 19.8 Å². The molecule has 0 saturated heterocycles. The molecule has 6 nitrogen and oxygen atoms in total. The Morgan fingerprint density at radius 1 is 0.525 bits per heavy atom. The molecular formula is C53H93NO5.